The van der Waals surface area contributed by atoms with Crippen molar-refractivity contribution < 1.29 is 9.53 Å². The van der Waals surface area contributed by atoms with Crippen LogP contribution in [0.25, 0.3) is 5.57 Å². The Morgan fingerprint density at radius 3 is 2.14 bits per heavy atom. The fourth-order valence-electron chi connectivity index (χ4n) is 5.86. The second kappa shape index (κ2) is 11.1. The number of amidine groups is 1. The fraction of sp³-hybridized carbons (Fsp3) is 0.419. The summed E-state index contributed by atoms with van der Waals surface area (Å²) >= 11 is 0. The van der Waals surface area contributed by atoms with E-state index in [0.29, 0.717) is 17.7 Å². The molecule has 0 bridgehead atoms. The quantitative estimate of drug-likeness (QED) is 0.458. The number of hydrogen-bond acceptors (Lipinski definition) is 3. The minimum atomic E-state index is -0.314. The maximum Gasteiger partial charge on any atom is 0.338 e. The average molecular weight is 469 g/mol. The van der Waals surface area contributed by atoms with Gasteiger partial charge in [0.1, 0.15) is 5.84 Å². The summed E-state index contributed by atoms with van der Waals surface area (Å²) in [6, 6.07) is 19.4. The van der Waals surface area contributed by atoms with Crippen molar-refractivity contribution in [1.29, 1.82) is 0 Å². The van der Waals surface area contributed by atoms with Crippen molar-refractivity contribution in [1.82, 2.24) is 4.90 Å². The molecule has 1 heterocycles. The van der Waals surface area contributed by atoms with E-state index in [1.807, 2.05) is 24.3 Å². The first-order valence-corrected chi connectivity index (χ1v) is 13.3. The summed E-state index contributed by atoms with van der Waals surface area (Å²) in [7, 11) is 1.46. The summed E-state index contributed by atoms with van der Waals surface area (Å²) < 4.78 is 5.29. The number of carbonyl (C=O) groups excluding carboxylic acids is 1. The molecule has 2 saturated carbocycles. The predicted octanol–water partition coefficient (Wildman–Crippen LogP) is 6.90. The topological polar surface area (TPSA) is 41.9 Å². The number of nitrogens with zero attached hydrogens (tertiary/aromatic N) is 2. The summed E-state index contributed by atoms with van der Waals surface area (Å²) in [5.41, 5.74) is 4.65. The zero-order chi connectivity index (χ0) is 24.0. The lowest BCUT2D eigenvalue weighted by Gasteiger charge is -2.37. The predicted molar refractivity (Wildman–Crippen MR) is 142 cm³/mol. The summed E-state index contributed by atoms with van der Waals surface area (Å²) in [5.74, 6) is 0.749. The SMILES string of the molecule is COC(=O)C1=C(c2ccccc2)c2ccccc2C(=NC2CCCCC2)N(C2CCCCC2)C=C1. The lowest BCUT2D eigenvalue weighted by atomic mass is 9.86. The molecule has 3 aliphatic rings. The Hall–Kier alpha value is -3.14. The van der Waals surface area contributed by atoms with Gasteiger partial charge in [-0.1, -0.05) is 93.1 Å². The summed E-state index contributed by atoms with van der Waals surface area (Å²) in [6.45, 7) is 0. The van der Waals surface area contributed by atoms with Crippen molar-refractivity contribution >= 4 is 17.4 Å². The first kappa shape index (κ1) is 23.6. The highest BCUT2D eigenvalue weighted by Crippen LogP contribution is 2.36. The zero-order valence-electron chi connectivity index (χ0n) is 20.8. The highest BCUT2D eigenvalue weighted by molar-refractivity contribution is 6.11. The highest BCUT2D eigenvalue weighted by atomic mass is 16.5. The minimum absolute atomic E-state index is 0.314. The lowest BCUT2D eigenvalue weighted by Crippen LogP contribution is -2.40. The first-order valence-electron chi connectivity index (χ1n) is 13.3. The van der Waals surface area contributed by atoms with Gasteiger partial charge in [-0.25, -0.2) is 4.79 Å². The number of rotatable bonds is 4. The molecule has 5 rings (SSSR count). The standard InChI is InChI=1S/C31H36N2O2/c1-35-31(34)28-21-22-33(25-17-9-4-10-18-25)30(32-24-15-7-3-8-16-24)27-20-12-11-19-26(27)29(28)23-13-5-2-6-14-23/h2,5-6,11-14,19-22,24-25H,3-4,7-10,15-18H2,1H3. The van der Waals surface area contributed by atoms with Crippen molar-refractivity contribution in [2.45, 2.75) is 76.3 Å². The summed E-state index contributed by atoms with van der Waals surface area (Å²) in [6.07, 6.45) is 16.3. The van der Waals surface area contributed by atoms with Gasteiger partial charge in [-0.2, -0.15) is 0 Å². The molecule has 35 heavy (non-hydrogen) atoms. The van der Waals surface area contributed by atoms with Gasteiger partial charge in [0.2, 0.25) is 0 Å². The van der Waals surface area contributed by atoms with E-state index in [0.717, 1.165) is 53.8 Å². The molecule has 2 aromatic carbocycles. The molecule has 2 fully saturated rings. The molecule has 0 N–H and O–H groups in total. The van der Waals surface area contributed by atoms with E-state index >= 15 is 0 Å². The van der Waals surface area contributed by atoms with E-state index in [4.69, 9.17) is 9.73 Å². The van der Waals surface area contributed by atoms with E-state index < -0.39 is 0 Å². The van der Waals surface area contributed by atoms with Crippen molar-refractivity contribution in [3.8, 4) is 0 Å². The van der Waals surface area contributed by atoms with E-state index in [1.165, 1.54) is 45.6 Å². The number of ether oxygens (including phenoxy) is 1. The Bertz CT molecular complexity index is 1120. The van der Waals surface area contributed by atoms with Gasteiger partial charge in [0.25, 0.3) is 0 Å². The van der Waals surface area contributed by atoms with E-state index in [9.17, 15) is 4.79 Å². The fourth-order valence-corrected chi connectivity index (χ4v) is 5.86. The minimum Gasteiger partial charge on any atom is -0.465 e. The monoisotopic (exact) mass is 468 g/mol. The third kappa shape index (κ3) is 5.12. The van der Waals surface area contributed by atoms with Gasteiger partial charge in [-0.3, -0.25) is 4.99 Å². The Balaban J connectivity index is 1.75. The van der Waals surface area contributed by atoms with E-state index in [2.05, 4.69) is 47.5 Å². The van der Waals surface area contributed by atoms with Crippen LogP contribution in [0, 0.1) is 0 Å². The maximum atomic E-state index is 13.1. The molecule has 0 saturated heterocycles. The number of carbonyl (C=O) groups is 1. The second-order valence-corrected chi connectivity index (χ2v) is 9.95. The molecule has 0 unspecified atom stereocenters. The lowest BCUT2D eigenvalue weighted by molar-refractivity contribution is -0.135. The smallest absolute Gasteiger partial charge is 0.338 e. The van der Waals surface area contributed by atoms with Crippen LogP contribution in [-0.2, 0) is 9.53 Å². The first-order chi connectivity index (χ1) is 17.3. The summed E-state index contributed by atoms with van der Waals surface area (Å²) in [5, 5.41) is 0. The number of esters is 1. The number of benzene rings is 2. The van der Waals surface area contributed by atoms with E-state index in [1.54, 1.807) is 0 Å². The van der Waals surface area contributed by atoms with Crippen molar-refractivity contribution in [3.63, 3.8) is 0 Å². The molecule has 1 aliphatic heterocycles. The molecule has 0 atom stereocenters. The molecule has 4 heteroatoms. The number of aliphatic imine (C=N–C) groups is 1. The number of methoxy groups -OCH3 is 1. The van der Waals surface area contributed by atoms with Crippen LogP contribution < -0.4 is 0 Å². The van der Waals surface area contributed by atoms with Crippen LogP contribution in [0.1, 0.15) is 80.9 Å². The van der Waals surface area contributed by atoms with E-state index in [-0.39, 0.29) is 5.97 Å². The van der Waals surface area contributed by atoms with Crippen molar-refractivity contribution in [3.05, 3.63) is 89.1 Å². The Kier molecular flexibility index (Phi) is 7.46. The van der Waals surface area contributed by atoms with Crippen LogP contribution in [0.5, 0.6) is 0 Å². The maximum absolute atomic E-state index is 13.1. The molecule has 2 aromatic rings. The Labute approximate surface area is 209 Å². The second-order valence-electron chi connectivity index (χ2n) is 9.95. The highest BCUT2D eigenvalue weighted by Gasteiger charge is 2.30. The van der Waals surface area contributed by atoms with Gasteiger partial charge >= 0.3 is 5.97 Å². The van der Waals surface area contributed by atoms with Crippen LogP contribution in [-0.4, -0.2) is 35.9 Å². The largest absolute Gasteiger partial charge is 0.465 e. The van der Waals surface area contributed by atoms with Gasteiger partial charge in [0.15, 0.2) is 0 Å². The van der Waals surface area contributed by atoms with Crippen LogP contribution in [0.3, 0.4) is 0 Å². The van der Waals surface area contributed by atoms with Gasteiger partial charge in [-0.05, 0) is 42.9 Å². The molecular formula is C31H36N2O2. The normalized spacial score (nSPS) is 20.9. The zero-order valence-corrected chi connectivity index (χ0v) is 20.8. The Morgan fingerprint density at radius 2 is 1.46 bits per heavy atom. The van der Waals surface area contributed by atoms with Gasteiger partial charge in [0, 0.05) is 23.4 Å². The molecule has 4 nitrogen and oxygen atoms in total. The van der Waals surface area contributed by atoms with Crippen LogP contribution >= 0.6 is 0 Å². The van der Waals surface area contributed by atoms with Gasteiger partial charge < -0.3 is 9.64 Å². The van der Waals surface area contributed by atoms with Crippen LogP contribution in [0.4, 0.5) is 0 Å². The molecule has 182 valence electrons. The van der Waals surface area contributed by atoms with Crippen LogP contribution in [0.2, 0.25) is 0 Å². The van der Waals surface area contributed by atoms with Gasteiger partial charge in [-0.15, -0.1) is 0 Å². The third-order valence-electron chi connectivity index (χ3n) is 7.67. The number of fused-ring (bicyclic) bond motifs is 1. The molecular weight excluding hydrogens is 432 g/mol. The van der Waals surface area contributed by atoms with Crippen molar-refractivity contribution in [2.75, 3.05) is 7.11 Å². The molecule has 0 amide bonds. The number of hydrogen-bond donors (Lipinski definition) is 0. The van der Waals surface area contributed by atoms with Crippen molar-refractivity contribution in [2.24, 2.45) is 4.99 Å². The average Bonchev–Trinajstić information content (AvgIpc) is 2.92. The van der Waals surface area contributed by atoms with Gasteiger partial charge in [0.05, 0.1) is 18.7 Å². The molecule has 0 radical (unpaired) electrons. The summed E-state index contributed by atoms with van der Waals surface area (Å²) in [4.78, 5) is 21.0. The van der Waals surface area contributed by atoms with Crippen LogP contribution in [0.15, 0.2) is 77.4 Å². The Morgan fingerprint density at radius 1 is 0.829 bits per heavy atom. The third-order valence-corrected chi connectivity index (χ3v) is 7.67. The molecule has 2 aliphatic carbocycles. The molecule has 0 aromatic heterocycles. The molecule has 0 spiro atoms.